The fourth-order valence-electron chi connectivity index (χ4n) is 9.97. The molecule has 0 unspecified atom stereocenters. The number of methoxy groups -OCH3 is 1. The molecule has 0 fully saturated rings. The summed E-state index contributed by atoms with van der Waals surface area (Å²) in [4.78, 5) is 61.6. The average Bonchev–Trinajstić information content (AvgIpc) is 3.96. The van der Waals surface area contributed by atoms with Crippen molar-refractivity contribution in [3.8, 4) is 0 Å². The summed E-state index contributed by atoms with van der Waals surface area (Å²) in [7, 11) is 1.15. The van der Waals surface area contributed by atoms with Crippen molar-refractivity contribution in [2.45, 2.75) is 159 Å². The van der Waals surface area contributed by atoms with Crippen molar-refractivity contribution >= 4 is 40.6 Å². The number of Topliss-reactive ketones (excluding diaryl/α,β-unsaturated/α-hetero) is 1. The van der Waals surface area contributed by atoms with Crippen molar-refractivity contribution in [1.82, 2.24) is 0 Å². The molecule has 0 aromatic heterocycles. The number of ketones is 1. The van der Waals surface area contributed by atoms with Gasteiger partial charge in [-0.25, -0.2) is 19.8 Å². The molecule has 0 aromatic carbocycles. The summed E-state index contributed by atoms with van der Waals surface area (Å²) < 4.78 is 10.9. The lowest BCUT2D eigenvalue weighted by atomic mass is 9.79. The molecular weight excluding hydrogens is 801 g/mol. The van der Waals surface area contributed by atoms with Crippen molar-refractivity contribution in [2.75, 3.05) is 13.7 Å². The Hall–Kier alpha value is -4.83. The molecule has 344 valence electrons. The Labute approximate surface area is 382 Å². The summed E-state index contributed by atoms with van der Waals surface area (Å²) in [5.74, 6) is -0.740. The Morgan fingerprint density at radius 3 is 2.06 bits per heavy atom. The van der Waals surface area contributed by atoms with Gasteiger partial charge in [-0.15, -0.1) is 0 Å². The molecule has 10 nitrogen and oxygen atoms in total. The standard InChI is InChI=1S/C54H72N4O6/c1-13-39-36(9)43-27-41-34(7)35(8)42(55-41)28-44-37(10)40(23-24-47(59)64-26-25-33(6)22-16-21-32(5)20-15-19-31(4)18-14-17-30(2)3)50(57-44)49-51-48(52(60)54(49,62)53(61)63-12)38(11)45(58-51)29-46(39)56-43/h25,27-32,37,40,62H,13-24,26H2,1-12H3/t31-,32-,37+,40-,54+/m1/s1. The second kappa shape index (κ2) is 20.6. The lowest BCUT2D eigenvalue weighted by Gasteiger charge is -2.26. The molecule has 1 N–H and O–H groups in total. The van der Waals surface area contributed by atoms with Gasteiger partial charge in [-0.2, -0.15) is 0 Å². The first kappa shape index (κ1) is 48.6. The third-order valence-corrected chi connectivity index (χ3v) is 14.4. The van der Waals surface area contributed by atoms with Crippen molar-refractivity contribution < 1.29 is 29.0 Å². The number of hydrogen-bond acceptors (Lipinski definition) is 10. The maximum absolute atomic E-state index is 14.4. The predicted molar refractivity (Wildman–Crippen MR) is 258 cm³/mol. The highest BCUT2D eigenvalue weighted by Gasteiger charge is 2.61. The van der Waals surface area contributed by atoms with Crippen LogP contribution >= 0.6 is 0 Å². The van der Waals surface area contributed by atoms with Crippen LogP contribution in [0.2, 0.25) is 0 Å². The molecule has 0 saturated heterocycles. The van der Waals surface area contributed by atoms with Crippen molar-refractivity contribution in [2.24, 2.45) is 49.6 Å². The molecule has 0 spiro atoms. The number of ether oxygens (including phenoxy) is 2. The van der Waals surface area contributed by atoms with E-state index in [2.05, 4.69) is 48.5 Å². The molecule has 0 radical (unpaired) electrons. The second-order valence-corrected chi connectivity index (χ2v) is 19.6. The lowest BCUT2D eigenvalue weighted by Crippen LogP contribution is -2.49. The van der Waals surface area contributed by atoms with Gasteiger partial charge in [0.25, 0.3) is 5.60 Å². The van der Waals surface area contributed by atoms with Gasteiger partial charge in [-0.3, -0.25) is 14.6 Å². The number of esters is 2. The highest BCUT2D eigenvalue weighted by atomic mass is 16.5. The van der Waals surface area contributed by atoms with Gasteiger partial charge < -0.3 is 14.6 Å². The van der Waals surface area contributed by atoms with Gasteiger partial charge in [0.1, 0.15) is 6.61 Å². The molecular formula is C54H72N4O6. The summed E-state index contributed by atoms with van der Waals surface area (Å²) >= 11 is 0. The van der Waals surface area contributed by atoms with E-state index >= 15 is 0 Å². The highest BCUT2D eigenvalue weighted by Crippen LogP contribution is 2.49. The molecule has 6 rings (SSSR count). The molecule has 6 aliphatic rings. The number of allylic oxidation sites excluding steroid dienone is 11. The van der Waals surface area contributed by atoms with Gasteiger partial charge in [0.2, 0.25) is 5.78 Å². The Kier molecular flexibility index (Phi) is 15.6. The summed E-state index contributed by atoms with van der Waals surface area (Å²) in [6.07, 6.45) is 20.1. The molecule has 5 heterocycles. The Morgan fingerprint density at radius 1 is 0.797 bits per heavy atom. The lowest BCUT2D eigenvalue weighted by molar-refractivity contribution is -0.161. The SMILES string of the molecule is CCC1=C(C)C2=NC1=CC1=NC3=C(C4=NC(=CC5=NC(=C2)C(C)=C5C)[C@@H](C)[C@H]4CCC(=O)OCC=C(C)CCC[C@H](C)CCC[C@H](C)CCCC(C)C)[C@@](O)(C(=O)OC)C(=O)C3=C1C. The zero-order valence-electron chi connectivity index (χ0n) is 40.7. The van der Waals surface area contributed by atoms with Crippen LogP contribution in [0, 0.1) is 29.6 Å². The highest BCUT2D eigenvalue weighted by molar-refractivity contribution is 6.35. The van der Waals surface area contributed by atoms with Crippen LogP contribution in [0.1, 0.15) is 153 Å². The summed E-state index contributed by atoms with van der Waals surface area (Å²) in [5.41, 5.74) is 8.12. The van der Waals surface area contributed by atoms with Gasteiger partial charge in [-0.05, 0) is 130 Å². The number of carbonyl (C=O) groups excluding carboxylic acids is 3. The molecule has 5 atom stereocenters. The quantitative estimate of drug-likeness (QED) is 0.0779. The van der Waals surface area contributed by atoms with Crippen molar-refractivity contribution in [1.29, 1.82) is 0 Å². The van der Waals surface area contributed by atoms with Crippen LogP contribution in [0.15, 0.2) is 112 Å². The van der Waals surface area contributed by atoms with Crippen LogP contribution < -0.4 is 0 Å². The average molecular weight is 873 g/mol. The maximum atomic E-state index is 14.4. The molecule has 0 aromatic rings. The molecule has 5 aliphatic heterocycles. The first-order valence-corrected chi connectivity index (χ1v) is 23.9. The number of nitrogens with zero attached hydrogens (tertiary/aromatic N) is 4. The fourth-order valence-corrected chi connectivity index (χ4v) is 9.97. The van der Waals surface area contributed by atoms with E-state index in [0.29, 0.717) is 35.0 Å². The molecule has 10 heteroatoms. The van der Waals surface area contributed by atoms with E-state index in [-0.39, 0.29) is 41.8 Å². The number of aliphatic hydroxyl groups is 1. The Morgan fingerprint density at radius 2 is 1.41 bits per heavy atom. The number of aliphatic imine (C=N–C) groups is 4. The normalized spacial score (nSPS) is 24.0. The van der Waals surface area contributed by atoms with E-state index in [1.807, 2.05) is 45.1 Å². The largest absolute Gasteiger partial charge is 0.466 e. The molecule has 64 heavy (non-hydrogen) atoms. The van der Waals surface area contributed by atoms with Gasteiger partial charge >= 0.3 is 11.9 Å². The zero-order valence-corrected chi connectivity index (χ0v) is 40.7. The van der Waals surface area contributed by atoms with Crippen molar-refractivity contribution in [3.05, 3.63) is 91.7 Å². The minimum absolute atomic E-state index is 0.00258. The monoisotopic (exact) mass is 873 g/mol. The van der Waals surface area contributed by atoms with Crippen LogP contribution in [-0.2, 0) is 23.9 Å². The van der Waals surface area contributed by atoms with Crippen LogP contribution in [0.5, 0.6) is 0 Å². The molecule has 8 bridgehead atoms. The summed E-state index contributed by atoms with van der Waals surface area (Å²) in [6.45, 7) is 23.7. The summed E-state index contributed by atoms with van der Waals surface area (Å²) in [6, 6.07) is 0. The van der Waals surface area contributed by atoms with Crippen molar-refractivity contribution in [3.63, 3.8) is 0 Å². The Bertz CT molecular complexity index is 2330. The number of carbonyl (C=O) groups is 3. The van der Waals surface area contributed by atoms with Crippen LogP contribution in [0.3, 0.4) is 0 Å². The third-order valence-electron chi connectivity index (χ3n) is 14.4. The van der Waals surface area contributed by atoms with E-state index in [9.17, 15) is 19.5 Å². The minimum atomic E-state index is -2.68. The van der Waals surface area contributed by atoms with E-state index < -0.39 is 23.3 Å². The molecule has 0 amide bonds. The van der Waals surface area contributed by atoms with E-state index in [4.69, 9.17) is 29.4 Å². The number of hydrogen-bond donors (Lipinski definition) is 1. The van der Waals surface area contributed by atoms with E-state index in [1.54, 1.807) is 6.92 Å². The first-order chi connectivity index (χ1) is 30.4. The molecule has 1 aliphatic carbocycles. The molecule has 0 saturated carbocycles. The topological polar surface area (TPSA) is 139 Å². The third kappa shape index (κ3) is 10.0. The fraction of sp³-hybridized carbons (Fsp3) is 0.574. The van der Waals surface area contributed by atoms with Gasteiger partial charge in [0.15, 0.2) is 0 Å². The Balaban J connectivity index is 1.20. The number of rotatable bonds is 19. The van der Waals surface area contributed by atoms with Gasteiger partial charge in [0.05, 0.1) is 58.2 Å². The maximum Gasteiger partial charge on any atom is 0.351 e. The van der Waals surface area contributed by atoms with Gasteiger partial charge in [0, 0.05) is 24.0 Å². The second-order valence-electron chi connectivity index (χ2n) is 19.6. The van der Waals surface area contributed by atoms with Crippen LogP contribution in [-0.4, -0.2) is 65.0 Å². The van der Waals surface area contributed by atoms with Crippen LogP contribution in [0.4, 0.5) is 0 Å². The predicted octanol–water partition coefficient (Wildman–Crippen LogP) is 11.6. The van der Waals surface area contributed by atoms with E-state index in [0.717, 1.165) is 83.3 Å². The van der Waals surface area contributed by atoms with Gasteiger partial charge in [-0.1, -0.05) is 92.1 Å². The smallest absolute Gasteiger partial charge is 0.351 e. The first-order valence-electron chi connectivity index (χ1n) is 23.9. The zero-order chi connectivity index (χ0) is 46.6. The number of fused-ring (bicyclic) bond motifs is 4. The minimum Gasteiger partial charge on any atom is -0.466 e. The summed E-state index contributed by atoms with van der Waals surface area (Å²) in [5, 5.41) is 12.3. The van der Waals surface area contributed by atoms with Crippen LogP contribution in [0.25, 0.3) is 0 Å². The van der Waals surface area contributed by atoms with E-state index in [1.165, 1.54) is 50.5 Å².